The highest BCUT2D eigenvalue weighted by molar-refractivity contribution is 6.04. The molecule has 0 bridgehead atoms. The summed E-state index contributed by atoms with van der Waals surface area (Å²) >= 11 is 0. The van der Waals surface area contributed by atoms with Gasteiger partial charge >= 0.3 is 0 Å². The summed E-state index contributed by atoms with van der Waals surface area (Å²) in [5, 5.41) is 15.1. The summed E-state index contributed by atoms with van der Waals surface area (Å²) in [6.45, 7) is 6.38. The van der Waals surface area contributed by atoms with Crippen LogP contribution in [0.2, 0.25) is 0 Å². The van der Waals surface area contributed by atoms with Crippen molar-refractivity contribution < 1.29 is 4.92 Å². The fourth-order valence-electron chi connectivity index (χ4n) is 2.39. The Hall–Kier alpha value is -2.17. The summed E-state index contributed by atoms with van der Waals surface area (Å²) in [6.07, 6.45) is 2.20. The van der Waals surface area contributed by atoms with Crippen molar-refractivity contribution in [3.63, 3.8) is 0 Å². The van der Waals surface area contributed by atoms with Crippen LogP contribution in [0.15, 0.2) is 40.5 Å². The summed E-state index contributed by atoms with van der Waals surface area (Å²) in [7, 11) is 0. The van der Waals surface area contributed by atoms with Gasteiger partial charge in [0.25, 0.3) is 5.69 Å². The molecule has 2 rings (SSSR count). The zero-order valence-electron chi connectivity index (χ0n) is 12.0. The number of allylic oxidation sites excluding steroid dienone is 2. The third kappa shape index (κ3) is 3.04. The fraction of sp³-hybridized carbons (Fsp3) is 0.400. The maximum Gasteiger partial charge on any atom is 0.269 e. The predicted molar refractivity (Wildman–Crippen MR) is 80.9 cm³/mol. The number of anilines is 1. The van der Waals surface area contributed by atoms with Crippen molar-refractivity contribution in [2.45, 2.75) is 33.6 Å². The van der Waals surface area contributed by atoms with Crippen molar-refractivity contribution in [1.82, 2.24) is 0 Å². The van der Waals surface area contributed by atoms with E-state index in [9.17, 15) is 10.1 Å². The van der Waals surface area contributed by atoms with Gasteiger partial charge in [0.1, 0.15) is 0 Å². The lowest BCUT2D eigenvalue weighted by Crippen LogP contribution is -2.08. The first-order valence-electron chi connectivity index (χ1n) is 6.74. The highest BCUT2D eigenvalue weighted by atomic mass is 16.6. The fourth-order valence-corrected chi connectivity index (χ4v) is 2.39. The summed E-state index contributed by atoms with van der Waals surface area (Å²) in [5.74, 6) is 0.449. The minimum Gasteiger partial charge on any atom is -0.278 e. The maximum atomic E-state index is 10.6. The maximum absolute atomic E-state index is 10.6. The first kappa shape index (κ1) is 14.2. The van der Waals surface area contributed by atoms with E-state index in [1.54, 1.807) is 12.1 Å². The molecule has 0 aromatic heterocycles. The second-order valence-corrected chi connectivity index (χ2v) is 5.33. The summed E-state index contributed by atoms with van der Waals surface area (Å²) in [4.78, 5) is 10.2. The molecule has 0 saturated heterocycles. The molecule has 0 spiro atoms. The highest BCUT2D eigenvalue weighted by Gasteiger charge is 2.24. The lowest BCUT2D eigenvalue weighted by molar-refractivity contribution is -0.384. The average molecular weight is 273 g/mol. The molecule has 1 saturated carbocycles. The van der Waals surface area contributed by atoms with E-state index in [0.29, 0.717) is 5.92 Å². The Morgan fingerprint density at radius 3 is 2.55 bits per heavy atom. The summed E-state index contributed by atoms with van der Waals surface area (Å²) in [5.41, 5.74) is 7.57. The lowest BCUT2D eigenvalue weighted by atomic mass is 10.1. The molecule has 1 atom stereocenters. The Labute approximate surface area is 118 Å². The van der Waals surface area contributed by atoms with Crippen LogP contribution in [0, 0.1) is 16.0 Å². The predicted octanol–water partition coefficient (Wildman–Crippen LogP) is 4.13. The van der Waals surface area contributed by atoms with Gasteiger partial charge in [0.05, 0.1) is 16.3 Å². The Bertz CT molecular complexity index is 569. The number of non-ortho nitro benzene ring substituents is 1. The molecule has 5 nitrogen and oxygen atoms in total. The number of nitro benzene ring substituents is 1. The minimum atomic E-state index is -0.407. The van der Waals surface area contributed by atoms with Crippen LogP contribution in [0.3, 0.4) is 0 Å². The lowest BCUT2D eigenvalue weighted by Gasteiger charge is -2.08. The molecule has 20 heavy (non-hydrogen) atoms. The van der Waals surface area contributed by atoms with Crippen molar-refractivity contribution >= 4 is 17.1 Å². The van der Waals surface area contributed by atoms with Crippen molar-refractivity contribution in [1.29, 1.82) is 0 Å². The van der Waals surface area contributed by atoms with Crippen LogP contribution in [0.1, 0.15) is 33.6 Å². The normalized spacial score (nSPS) is 20.2. The summed E-state index contributed by atoms with van der Waals surface area (Å²) < 4.78 is 0. The Morgan fingerprint density at radius 1 is 1.35 bits per heavy atom. The largest absolute Gasteiger partial charge is 0.278 e. The van der Waals surface area contributed by atoms with Crippen LogP contribution in [-0.4, -0.2) is 10.6 Å². The van der Waals surface area contributed by atoms with E-state index in [2.05, 4.69) is 31.3 Å². The molecule has 1 fully saturated rings. The van der Waals surface area contributed by atoms with Crippen molar-refractivity contribution in [3.05, 3.63) is 45.5 Å². The van der Waals surface area contributed by atoms with Crippen LogP contribution < -0.4 is 5.43 Å². The zero-order chi connectivity index (χ0) is 14.7. The molecule has 5 heteroatoms. The van der Waals surface area contributed by atoms with Gasteiger partial charge in [-0.25, -0.2) is 0 Å². The standard InChI is InChI=1S/C15H19N3O2/c1-10(2)14-9-4-11(3)15(14)17-16-12-5-7-13(8-6-12)18(19)20/h5-8,11,16H,4,9H2,1-3H3. The zero-order valence-corrected chi connectivity index (χ0v) is 12.0. The molecule has 1 aliphatic carbocycles. The second kappa shape index (κ2) is 5.86. The molecule has 106 valence electrons. The van der Waals surface area contributed by atoms with E-state index in [1.807, 2.05) is 0 Å². The third-order valence-corrected chi connectivity index (χ3v) is 3.59. The third-order valence-electron chi connectivity index (χ3n) is 3.59. The average Bonchev–Trinajstić information content (AvgIpc) is 2.78. The molecule has 0 heterocycles. The van der Waals surface area contributed by atoms with Crippen molar-refractivity contribution in [3.8, 4) is 0 Å². The van der Waals surface area contributed by atoms with Gasteiger partial charge in [-0.05, 0) is 44.4 Å². The SMILES string of the molecule is CC(C)=C1CCC(C)C1=NNc1ccc([N+](=O)[O-])cc1. The number of hydrogen-bond acceptors (Lipinski definition) is 4. The van der Waals surface area contributed by atoms with E-state index < -0.39 is 4.92 Å². The highest BCUT2D eigenvalue weighted by Crippen LogP contribution is 2.30. The molecule has 0 aliphatic heterocycles. The number of hydrazone groups is 1. The second-order valence-electron chi connectivity index (χ2n) is 5.33. The molecule has 1 aliphatic rings. The van der Waals surface area contributed by atoms with Crippen LogP contribution in [0.25, 0.3) is 0 Å². The van der Waals surface area contributed by atoms with Gasteiger partial charge in [0.15, 0.2) is 0 Å². The van der Waals surface area contributed by atoms with Crippen LogP contribution >= 0.6 is 0 Å². The number of benzene rings is 1. The quantitative estimate of drug-likeness (QED) is 0.665. The monoisotopic (exact) mass is 273 g/mol. The molecular weight excluding hydrogens is 254 g/mol. The first-order valence-corrected chi connectivity index (χ1v) is 6.74. The Morgan fingerprint density at radius 2 is 2.00 bits per heavy atom. The molecule has 1 N–H and O–H groups in total. The van der Waals surface area contributed by atoms with E-state index in [1.165, 1.54) is 23.3 Å². The summed E-state index contributed by atoms with van der Waals surface area (Å²) in [6, 6.07) is 6.29. The molecule has 0 radical (unpaired) electrons. The van der Waals surface area contributed by atoms with Gasteiger partial charge in [-0.15, -0.1) is 0 Å². The Balaban J connectivity index is 2.16. The van der Waals surface area contributed by atoms with Crippen molar-refractivity contribution in [2.24, 2.45) is 11.0 Å². The first-order chi connectivity index (χ1) is 9.49. The smallest absolute Gasteiger partial charge is 0.269 e. The molecule has 1 unspecified atom stereocenters. The molecule has 0 amide bonds. The topological polar surface area (TPSA) is 67.5 Å². The van der Waals surface area contributed by atoms with Crippen LogP contribution in [-0.2, 0) is 0 Å². The number of hydrogen-bond donors (Lipinski definition) is 1. The van der Waals surface area contributed by atoms with E-state index in [0.717, 1.165) is 24.2 Å². The van der Waals surface area contributed by atoms with Gasteiger partial charge < -0.3 is 0 Å². The van der Waals surface area contributed by atoms with Crippen molar-refractivity contribution in [2.75, 3.05) is 5.43 Å². The van der Waals surface area contributed by atoms with Crippen LogP contribution in [0.4, 0.5) is 11.4 Å². The van der Waals surface area contributed by atoms with E-state index >= 15 is 0 Å². The van der Waals surface area contributed by atoms with E-state index in [-0.39, 0.29) is 5.69 Å². The van der Waals surface area contributed by atoms with E-state index in [4.69, 9.17) is 0 Å². The van der Waals surface area contributed by atoms with Crippen LogP contribution in [0.5, 0.6) is 0 Å². The number of rotatable bonds is 3. The molecule has 1 aromatic rings. The van der Waals surface area contributed by atoms with Gasteiger partial charge in [-0.3, -0.25) is 15.5 Å². The molecule has 1 aromatic carbocycles. The van der Waals surface area contributed by atoms with Gasteiger partial charge in [0.2, 0.25) is 0 Å². The Kier molecular flexibility index (Phi) is 4.17. The minimum absolute atomic E-state index is 0.0856. The van der Waals surface area contributed by atoms with Gasteiger partial charge in [-0.1, -0.05) is 12.5 Å². The molecular formula is C15H19N3O2. The van der Waals surface area contributed by atoms with Gasteiger partial charge in [0, 0.05) is 18.1 Å². The number of nitro groups is 1. The number of nitrogens with zero attached hydrogens (tertiary/aromatic N) is 2. The number of nitrogens with one attached hydrogen (secondary N) is 1. The van der Waals surface area contributed by atoms with Gasteiger partial charge in [-0.2, -0.15) is 5.10 Å².